The standard InChI is InChI=1S/C22H27N5O2/c1-17-5-4-8-27(16-17)22(29)19-13-18(14-23-15-19)21(28)26-11-9-25(10-12-26)20-6-2-3-7-24-20/h2-3,6-7,13-15,17H,4-5,8-12,16H2,1H3. The molecule has 2 fully saturated rings. The Kier molecular flexibility index (Phi) is 5.74. The van der Waals surface area contributed by atoms with Crippen molar-refractivity contribution in [2.24, 2.45) is 5.92 Å². The normalized spacial score (nSPS) is 19.9. The van der Waals surface area contributed by atoms with Gasteiger partial charge in [-0.05, 0) is 37.0 Å². The molecular weight excluding hydrogens is 366 g/mol. The van der Waals surface area contributed by atoms with Gasteiger partial charge in [0.05, 0.1) is 11.1 Å². The highest BCUT2D eigenvalue weighted by Crippen LogP contribution is 2.19. The number of amides is 2. The molecule has 29 heavy (non-hydrogen) atoms. The van der Waals surface area contributed by atoms with Gasteiger partial charge in [-0.1, -0.05) is 13.0 Å². The van der Waals surface area contributed by atoms with Crippen LogP contribution in [0.25, 0.3) is 0 Å². The van der Waals surface area contributed by atoms with Gasteiger partial charge in [-0.15, -0.1) is 0 Å². The highest BCUT2D eigenvalue weighted by molar-refractivity contribution is 5.99. The van der Waals surface area contributed by atoms with E-state index in [4.69, 9.17) is 0 Å². The summed E-state index contributed by atoms with van der Waals surface area (Å²) in [6.45, 7) is 6.43. The van der Waals surface area contributed by atoms with Crippen molar-refractivity contribution in [1.82, 2.24) is 19.8 Å². The van der Waals surface area contributed by atoms with Crippen LogP contribution in [0.15, 0.2) is 42.9 Å². The van der Waals surface area contributed by atoms with Crippen molar-refractivity contribution in [3.8, 4) is 0 Å². The van der Waals surface area contributed by atoms with Crippen LogP contribution in [0, 0.1) is 5.92 Å². The number of piperidine rings is 1. The van der Waals surface area contributed by atoms with E-state index in [1.807, 2.05) is 28.0 Å². The highest BCUT2D eigenvalue weighted by Gasteiger charge is 2.26. The first-order chi connectivity index (χ1) is 14.1. The summed E-state index contributed by atoms with van der Waals surface area (Å²) in [5, 5.41) is 0. The van der Waals surface area contributed by atoms with Crippen LogP contribution in [0.4, 0.5) is 5.82 Å². The molecule has 0 radical (unpaired) electrons. The molecule has 2 amide bonds. The van der Waals surface area contributed by atoms with Crippen LogP contribution in [0.2, 0.25) is 0 Å². The summed E-state index contributed by atoms with van der Waals surface area (Å²) in [6.07, 6.45) is 7.09. The first-order valence-corrected chi connectivity index (χ1v) is 10.3. The molecule has 2 aliphatic rings. The number of hydrogen-bond donors (Lipinski definition) is 0. The van der Waals surface area contributed by atoms with Crippen LogP contribution in [-0.2, 0) is 0 Å². The zero-order valence-electron chi connectivity index (χ0n) is 16.8. The second-order valence-corrected chi connectivity index (χ2v) is 7.93. The minimum atomic E-state index is -0.0696. The minimum Gasteiger partial charge on any atom is -0.353 e. The Hall–Kier alpha value is -2.96. The lowest BCUT2D eigenvalue weighted by atomic mass is 9.99. The molecule has 152 valence electrons. The molecule has 2 aromatic heterocycles. The van der Waals surface area contributed by atoms with Crippen LogP contribution in [0.3, 0.4) is 0 Å². The summed E-state index contributed by atoms with van der Waals surface area (Å²) in [6, 6.07) is 7.55. The molecular formula is C22H27N5O2. The molecule has 4 heterocycles. The largest absolute Gasteiger partial charge is 0.353 e. The maximum absolute atomic E-state index is 13.0. The fourth-order valence-corrected chi connectivity index (χ4v) is 4.09. The van der Waals surface area contributed by atoms with E-state index < -0.39 is 0 Å². The van der Waals surface area contributed by atoms with E-state index in [1.54, 1.807) is 24.7 Å². The molecule has 7 heteroatoms. The first kappa shape index (κ1) is 19.4. The van der Waals surface area contributed by atoms with Gasteiger partial charge in [0, 0.05) is 57.9 Å². The summed E-state index contributed by atoms with van der Waals surface area (Å²) in [4.78, 5) is 40.3. The van der Waals surface area contributed by atoms with Crippen LogP contribution in [-0.4, -0.2) is 70.9 Å². The maximum Gasteiger partial charge on any atom is 0.255 e. The second kappa shape index (κ2) is 8.59. The quantitative estimate of drug-likeness (QED) is 0.800. The van der Waals surface area contributed by atoms with Gasteiger partial charge in [-0.3, -0.25) is 14.6 Å². The topological polar surface area (TPSA) is 69.6 Å². The van der Waals surface area contributed by atoms with Gasteiger partial charge in [0.25, 0.3) is 11.8 Å². The fraction of sp³-hybridized carbons (Fsp3) is 0.455. The number of carbonyl (C=O) groups excluding carboxylic acids is 2. The fourth-order valence-electron chi connectivity index (χ4n) is 4.09. The molecule has 1 atom stereocenters. The lowest BCUT2D eigenvalue weighted by Crippen LogP contribution is -2.49. The predicted octanol–water partition coefficient (Wildman–Crippen LogP) is 2.31. The number of pyridine rings is 2. The van der Waals surface area contributed by atoms with Crippen LogP contribution < -0.4 is 4.90 Å². The molecule has 0 aromatic carbocycles. The van der Waals surface area contributed by atoms with Gasteiger partial charge in [0.2, 0.25) is 0 Å². The molecule has 2 aromatic rings. The van der Waals surface area contributed by atoms with Crippen molar-refractivity contribution >= 4 is 17.6 Å². The summed E-state index contributed by atoms with van der Waals surface area (Å²) in [5.41, 5.74) is 0.976. The molecule has 1 unspecified atom stereocenters. The summed E-state index contributed by atoms with van der Waals surface area (Å²) in [5.74, 6) is 1.35. The first-order valence-electron chi connectivity index (χ1n) is 10.3. The number of rotatable bonds is 3. The average molecular weight is 393 g/mol. The Morgan fingerprint density at radius 2 is 1.69 bits per heavy atom. The number of nitrogens with zero attached hydrogens (tertiary/aromatic N) is 5. The Morgan fingerprint density at radius 3 is 2.34 bits per heavy atom. The molecule has 0 bridgehead atoms. The van der Waals surface area contributed by atoms with Crippen LogP contribution in [0.1, 0.15) is 40.5 Å². The summed E-state index contributed by atoms with van der Waals surface area (Å²) < 4.78 is 0. The lowest BCUT2D eigenvalue weighted by Gasteiger charge is -2.35. The van der Waals surface area contributed by atoms with Crippen molar-refractivity contribution in [2.45, 2.75) is 19.8 Å². The lowest BCUT2D eigenvalue weighted by molar-refractivity contribution is 0.0682. The smallest absolute Gasteiger partial charge is 0.255 e. The molecule has 0 N–H and O–H groups in total. The van der Waals surface area contributed by atoms with E-state index in [2.05, 4.69) is 21.8 Å². The van der Waals surface area contributed by atoms with Gasteiger partial charge in [0.15, 0.2) is 0 Å². The molecule has 0 saturated carbocycles. The third-order valence-corrected chi connectivity index (χ3v) is 5.72. The Balaban J connectivity index is 1.41. The van der Waals surface area contributed by atoms with Gasteiger partial charge in [-0.25, -0.2) is 4.98 Å². The van der Waals surface area contributed by atoms with E-state index in [1.165, 1.54) is 0 Å². The predicted molar refractivity (Wildman–Crippen MR) is 111 cm³/mol. The Bertz CT molecular complexity index is 865. The maximum atomic E-state index is 13.0. The van der Waals surface area contributed by atoms with Crippen molar-refractivity contribution < 1.29 is 9.59 Å². The Labute approximate surface area is 171 Å². The Morgan fingerprint density at radius 1 is 0.966 bits per heavy atom. The monoisotopic (exact) mass is 393 g/mol. The molecule has 4 rings (SSSR count). The molecule has 7 nitrogen and oxygen atoms in total. The van der Waals surface area contributed by atoms with E-state index in [-0.39, 0.29) is 11.8 Å². The summed E-state index contributed by atoms with van der Waals surface area (Å²) >= 11 is 0. The highest BCUT2D eigenvalue weighted by atomic mass is 16.2. The van der Waals surface area contributed by atoms with Gasteiger partial charge >= 0.3 is 0 Å². The number of likely N-dealkylation sites (tertiary alicyclic amines) is 1. The van der Waals surface area contributed by atoms with Crippen LogP contribution in [0.5, 0.6) is 0 Å². The molecule has 2 aliphatic heterocycles. The molecule has 0 aliphatic carbocycles. The van der Waals surface area contributed by atoms with Crippen molar-refractivity contribution in [3.05, 3.63) is 54.0 Å². The molecule has 2 saturated heterocycles. The van der Waals surface area contributed by atoms with Crippen molar-refractivity contribution in [2.75, 3.05) is 44.2 Å². The van der Waals surface area contributed by atoms with Crippen molar-refractivity contribution in [1.29, 1.82) is 0 Å². The third-order valence-electron chi connectivity index (χ3n) is 5.72. The second-order valence-electron chi connectivity index (χ2n) is 7.93. The van der Waals surface area contributed by atoms with E-state index in [0.29, 0.717) is 30.1 Å². The van der Waals surface area contributed by atoms with E-state index in [0.717, 1.165) is 44.8 Å². The van der Waals surface area contributed by atoms with Gasteiger partial charge < -0.3 is 14.7 Å². The zero-order valence-corrected chi connectivity index (χ0v) is 16.8. The average Bonchev–Trinajstić information content (AvgIpc) is 2.79. The number of anilines is 1. The van der Waals surface area contributed by atoms with Crippen LogP contribution >= 0.6 is 0 Å². The number of aromatic nitrogens is 2. The minimum absolute atomic E-state index is 0.0290. The van der Waals surface area contributed by atoms with Gasteiger partial charge in [0.1, 0.15) is 5.82 Å². The zero-order chi connectivity index (χ0) is 20.2. The number of hydrogen-bond acceptors (Lipinski definition) is 5. The third kappa shape index (κ3) is 4.39. The van der Waals surface area contributed by atoms with Crippen molar-refractivity contribution in [3.63, 3.8) is 0 Å². The summed E-state index contributed by atoms with van der Waals surface area (Å²) in [7, 11) is 0. The van der Waals surface area contributed by atoms with E-state index >= 15 is 0 Å². The van der Waals surface area contributed by atoms with E-state index in [9.17, 15) is 9.59 Å². The number of piperazine rings is 1. The SMILES string of the molecule is CC1CCCN(C(=O)c2cncc(C(=O)N3CCN(c4ccccn4)CC3)c2)C1. The van der Waals surface area contributed by atoms with Gasteiger partial charge in [-0.2, -0.15) is 0 Å². The number of carbonyl (C=O) groups is 2. The molecule has 0 spiro atoms.